The van der Waals surface area contributed by atoms with Crippen molar-refractivity contribution in [3.8, 4) is 16.9 Å². The maximum absolute atomic E-state index is 15.3. The summed E-state index contributed by atoms with van der Waals surface area (Å²) in [6, 6.07) is 20.0. The first-order valence-electron chi connectivity index (χ1n) is 14.4. The highest BCUT2D eigenvalue weighted by Gasteiger charge is 2.33. The number of hydrogen-bond donors (Lipinski definition) is 1. The molecule has 1 fully saturated rings. The predicted molar refractivity (Wildman–Crippen MR) is 173 cm³/mol. The van der Waals surface area contributed by atoms with Gasteiger partial charge >= 0.3 is 13.7 Å². The molecule has 4 aromatic rings. The van der Waals surface area contributed by atoms with E-state index in [4.69, 9.17) is 37.3 Å². The van der Waals surface area contributed by atoms with E-state index in [2.05, 4.69) is 20.4 Å². The van der Waals surface area contributed by atoms with E-state index < -0.39 is 28.8 Å². The highest BCUT2D eigenvalue weighted by atomic mass is 35.5. The summed E-state index contributed by atoms with van der Waals surface area (Å²) in [4.78, 5) is 26.2. The van der Waals surface area contributed by atoms with Crippen LogP contribution in [0.25, 0.3) is 11.1 Å². The Morgan fingerprint density at radius 1 is 1.11 bits per heavy atom. The summed E-state index contributed by atoms with van der Waals surface area (Å²) >= 11 is 11.1. The van der Waals surface area contributed by atoms with Gasteiger partial charge in [-0.1, -0.05) is 64.8 Å². The molecule has 0 radical (unpaired) electrons. The molecule has 0 unspecified atom stereocenters. The second-order valence-electron chi connectivity index (χ2n) is 10.7. The molecule has 5 rings (SSSR count). The molecule has 240 valence electrons. The van der Waals surface area contributed by atoms with Crippen LogP contribution in [-0.4, -0.2) is 77.7 Å². The normalized spacial score (nSPS) is 14.5. The van der Waals surface area contributed by atoms with E-state index in [0.29, 0.717) is 44.1 Å². The van der Waals surface area contributed by atoms with Crippen LogP contribution in [0.15, 0.2) is 72.9 Å². The first kappa shape index (κ1) is 33.2. The van der Waals surface area contributed by atoms with E-state index in [1.807, 2.05) is 53.2 Å². The number of rotatable bonds is 14. The van der Waals surface area contributed by atoms with Crippen LogP contribution in [0.5, 0.6) is 5.75 Å². The van der Waals surface area contributed by atoms with Crippen molar-refractivity contribution in [3.05, 3.63) is 95.6 Å². The number of anilines is 1. The lowest BCUT2D eigenvalue weighted by molar-refractivity contribution is -0.119. The van der Waals surface area contributed by atoms with Crippen molar-refractivity contribution >= 4 is 48.5 Å². The summed E-state index contributed by atoms with van der Waals surface area (Å²) in [5.41, 5.74) is 4.45. The molecule has 0 spiro atoms. The Hall–Kier alpha value is -4.17. The van der Waals surface area contributed by atoms with E-state index >= 15 is 4.39 Å². The standard InChI is InChI=1S/C31H32BCl2FN6O5/c1-44-25-10-5-21(6-11-25)17-41-24(14-37-38-41)18-39(32-45-2)16-20-3-7-22(8-4-20)27-12-9-23(13-28(27)35)40-19-26(46-31(40)43)15-36-30(42)29(33)34/h3-14,26,29,32H,15-19H2,1-2H3,(H,36,42)/t26-/m0/s1. The SMILES string of the molecule is COBN(Cc1ccc(-c2ccc(N3C[C@H](CNC(=O)C(Cl)Cl)OC3=O)cc2F)cc1)Cc1cnnn1Cc1ccc(OC)cc1. The van der Waals surface area contributed by atoms with E-state index in [1.54, 1.807) is 32.5 Å². The molecular formula is C31H32BCl2FN6O5. The maximum atomic E-state index is 15.3. The van der Waals surface area contributed by atoms with Crippen molar-refractivity contribution in [2.24, 2.45) is 0 Å². The number of benzene rings is 3. The molecule has 1 aliphatic heterocycles. The number of nitrogens with one attached hydrogen (secondary N) is 1. The molecule has 1 N–H and O–H groups in total. The Balaban J connectivity index is 1.21. The number of alkyl halides is 2. The number of nitrogens with zero attached hydrogens (tertiary/aromatic N) is 5. The van der Waals surface area contributed by atoms with Crippen molar-refractivity contribution in [1.29, 1.82) is 0 Å². The number of methoxy groups -OCH3 is 1. The van der Waals surface area contributed by atoms with E-state index in [0.717, 1.165) is 22.6 Å². The Kier molecular flexibility index (Phi) is 11.1. The van der Waals surface area contributed by atoms with Gasteiger partial charge in [0.15, 0.2) is 4.84 Å². The van der Waals surface area contributed by atoms with Gasteiger partial charge in [-0.2, -0.15) is 0 Å². The average molecular weight is 669 g/mol. The van der Waals surface area contributed by atoms with Crippen LogP contribution in [-0.2, 0) is 33.8 Å². The minimum absolute atomic E-state index is 0.0377. The molecule has 0 saturated carbocycles. The fraction of sp³-hybridized carbons (Fsp3) is 0.290. The molecule has 0 aliphatic carbocycles. The zero-order valence-corrected chi connectivity index (χ0v) is 26.7. The molecule has 2 heterocycles. The molecule has 1 saturated heterocycles. The molecule has 11 nitrogen and oxygen atoms in total. The Morgan fingerprint density at radius 2 is 1.85 bits per heavy atom. The molecule has 1 atom stereocenters. The zero-order valence-electron chi connectivity index (χ0n) is 25.2. The number of hydrogen-bond acceptors (Lipinski definition) is 8. The topological polar surface area (TPSA) is 111 Å². The van der Waals surface area contributed by atoms with Gasteiger partial charge in [-0.05, 0) is 47.0 Å². The van der Waals surface area contributed by atoms with Gasteiger partial charge in [-0.3, -0.25) is 9.69 Å². The van der Waals surface area contributed by atoms with Gasteiger partial charge in [0.2, 0.25) is 0 Å². The lowest BCUT2D eigenvalue weighted by atomic mass is 10.0. The molecule has 1 aliphatic rings. The monoisotopic (exact) mass is 668 g/mol. The third kappa shape index (κ3) is 8.35. The number of halogens is 3. The van der Waals surface area contributed by atoms with Gasteiger partial charge in [0.1, 0.15) is 17.7 Å². The van der Waals surface area contributed by atoms with Crippen molar-refractivity contribution in [2.75, 3.05) is 32.2 Å². The highest BCUT2D eigenvalue weighted by molar-refractivity contribution is 6.53. The summed E-state index contributed by atoms with van der Waals surface area (Å²) in [6.07, 6.45) is 0.490. The fourth-order valence-electron chi connectivity index (χ4n) is 5.08. The van der Waals surface area contributed by atoms with Crippen molar-refractivity contribution in [1.82, 2.24) is 25.1 Å². The van der Waals surface area contributed by atoms with E-state index in [9.17, 15) is 9.59 Å². The number of cyclic esters (lactones) is 1. The first-order valence-corrected chi connectivity index (χ1v) is 15.3. The molecule has 15 heteroatoms. The van der Waals surface area contributed by atoms with Gasteiger partial charge < -0.3 is 24.3 Å². The lowest BCUT2D eigenvalue weighted by Crippen LogP contribution is -2.37. The molecule has 46 heavy (non-hydrogen) atoms. The largest absolute Gasteiger partial charge is 0.497 e. The Morgan fingerprint density at radius 3 is 2.52 bits per heavy atom. The van der Waals surface area contributed by atoms with E-state index in [1.165, 1.54) is 11.0 Å². The van der Waals surface area contributed by atoms with E-state index in [-0.39, 0.29) is 13.1 Å². The van der Waals surface area contributed by atoms with Crippen LogP contribution >= 0.6 is 23.2 Å². The average Bonchev–Trinajstić information content (AvgIpc) is 3.65. The molecule has 3 aromatic carbocycles. The molecule has 2 amide bonds. The quantitative estimate of drug-likeness (QED) is 0.156. The second kappa shape index (κ2) is 15.4. The van der Waals surface area contributed by atoms with Crippen molar-refractivity contribution in [2.45, 2.75) is 30.6 Å². The second-order valence-corrected chi connectivity index (χ2v) is 11.8. The van der Waals surface area contributed by atoms with Gasteiger partial charge in [0.05, 0.1) is 44.3 Å². The van der Waals surface area contributed by atoms with Gasteiger partial charge in [0, 0.05) is 25.8 Å². The summed E-state index contributed by atoms with van der Waals surface area (Å²) in [5, 5.41) is 10.9. The number of amides is 2. The first-order chi connectivity index (χ1) is 22.2. The van der Waals surface area contributed by atoms with Gasteiger partial charge in [-0.15, -0.1) is 5.10 Å². The fourth-order valence-corrected chi connectivity index (χ4v) is 5.24. The predicted octanol–water partition coefficient (Wildman–Crippen LogP) is 4.30. The van der Waals surface area contributed by atoms with Crippen LogP contribution in [0, 0.1) is 5.82 Å². The Bertz CT molecular complexity index is 1640. The number of carbonyl (C=O) groups excluding carboxylic acids is 2. The van der Waals surface area contributed by atoms with Crippen LogP contribution < -0.4 is 15.0 Å². The maximum Gasteiger partial charge on any atom is 0.414 e. The Labute approximate surface area is 276 Å². The summed E-state index contributed by atoms with van der Waals surface area (Å²) in [6.45, 7) is 1.88. The summed E-state index contributed by atoms with van der Waals surface area (Å²) < 4.78 is 33.2. The smallest absolute Gasteiger partial charge is 0.414 e. The van der Waals surface area contributed by atoms with Gasteiger partial charge in [-0.25, -0.2) is 13.9 Å². The molecular weight excluding hydrogens is 637 g/mol. The number of carbonyl (C=O) groups is 2. The number of ether oxygens (including phenoxy) is 2. The minimum atomic E-state index is -1.22. The minimum Gasteiger partial charge on any atom is -0.497 e. The highest BCUT2D eigenvalue weighted by Crippen LogP contribution is 2.29. The zero-order chi connectivity index (χ0) is 32.6. The molecule has 1 aromatic heterocycles. The third-order valence-electron chi connectivity index (χ3n) is 7.40. The number of aromatic nitrogens is 3. The van der Waals surface area contributed by atoms with Crippen LogP contribution in [0.1, 0.15) is 16.8 Å². The van der Waals surface area contributed by atoms with Crippen molar-refractivity contribution in [3.63, 3.8) is 0 Å². The van der Waals surface area contributed by atoms with Crippen LogP contribution in [0.2, 0.25) is 0 Å². The van der Waals surface area contributed by atoms with Crippen LogP contribution in [0.3, 0.4) is 0 Å². The van der Waals surface area contributed by atoms with Gasteiger partial charge in [0.25, 0.3) is 5.91 Å². The summed E-state index contributed by atoms with van der Waals surface area (Å²) in [7, 11) is 3.67. The van der Waals surface area contributed by atoms with Crippen molar-refractivity contribution < 1.29 is 28.1 Å². The van der Waals surface area contributed by atoms with Crippen LogP contribution in [0.4, 0.5) is 14.9 Å². The lowest BCUT2D eigenvalue weighted by Gasteiger charge is -2.21. The summed E-state index contributed by atoms with van der Waals surface area (Å²) in [5.74, 6) is -0.280. The third-order valence-corrected chi connectivity index (χ3v) is 7.79. The molecule has 0 bridgehead atoms.